The van der Waals surface area contributed by atoms with E-state index in [0.717, 1.165) is 51.6 Å². The molecule has 6 N–H and O–H groups in total. The number of rotatable bonds is 7. The predicted molar refractivity (Wildman–Crippen MR) is 194 cm³/mol. The van der Waals surface area contributed by atoms with Gasteiger partial charge in [-0.25, -0.2) is 4.98 Å². The SMILES string of the molecule is COc1cc(CC[C@@H](O)[C@H]2Cc3ccnc(c3)Nc3ccc4cc(O)cc5c4c3[C@H](CC5)C[C@@H](c3cc(O)c(O)c(OC)c3)CC2=O)ccc1O. The second-order valence-electron chi connectivity index (χ2n) is 13.8. The number of benzene rings is 4. The first-order chi connectivity index (χ1) is 24.6. The number of Topliss-reactive ketones (excluding diaryl/α,β-unsaturated/α-hetero) is 1. The van der Waals surface area contributed by atoms with Gasteiger partial charge in [0, 0.05) is 24.2 Å². The molecule has 10 heteroatoms. The van der Waals surface area contributed by atoms with Gasteiger partial charge in [-0.05, 0) is 144 Å². The largest absolute Gasteiger partial charge is 0.508 e. The number of nitrogens with one attached hydrogen (secondary N) is 1. The fourth-order valence-electron chi connectivity index (χ4n) is 8.01. The van der Waals surface area contributed by atoms with E-state index in [1.165, 1.54) is 20.3 Å². The third kappa shape index (κ3) is 6.83. The van der Waals surface area contributed by atoms with E-state index in [2.05, 4.69) is 10.3 Å². The molecule has 0 spiro atoms. The zero-order valence-corrected chi connectivity index (χ0v) is 28.6. The van der Waals surface area contributed by atoms with Crippen LogP contribution in [0.4, 0.5) is 11.5 Å². The van der Waals surface area contributed by atoms with Crippen molar-refractivity contribution in [1.29, 1.82) is 0 Å². The number of anilines is 2. The van der Waals surface area contributed by atoms with Gasteiger partial charge in [-0.3, -0.25) is 4.79 Å². The maximum absolute atomic E-state index is 14.6. The van der Waals surface area contributed by atoms with E-state index in [4.69, 9.17) is 9.47 Å². The molecular formula is C41H42N2O8. The van der Waals surface area contributed by atoms with Crippen molar-refractivity contribution in [2.75, 3.05) is 19.5 Å². The lowest BCUT2D eigenvalue weighted by atomic mass is 9.73. The van der Waals surface area contributed by atoms with E-state index >= 15 is 0 Å². The first kappa shape index (κ1) is 34.0. The molecule has 2 heterocycles. The van der Waals surface area contributed by atoms with Crippen molar-refractivity contribution in [1.82, 2.24) is 4.98 Å². The molecule has 0 fully saturated rings. The number of aliphatic hydroxyl groups excluding tert-OH is 1. The summed E-state index contributed by atoms with van der Waals surface area (Å²) in [5.41, 5.74) is 5.36. The second-order valence-corrected chi connectivity index (χ2v) is 13.8. The van der Waals surface area contributed by atoms with Gasteiger partial charge in [0.25, 0.3) is 0 Å². The molecule has 1 aliphatic heterocycles. The van der Waals surface area contributed by atoms with Gasteiger partial charge in [-0.15, -0.1) is 0 Å². The molecule has 0 unspecified atom stereocenters. The Balaban J connectivity index is 1.31. The number of carbonyl (C=O) groups is 1. The standard InChI is InChI=1S/C41H42N2O8/c1-50-36-14-22(4-10-33(36)46)3-9-32(45)30-13-23-11-12-42-38(15-23)43-31-8-7-26-18-29(44)17-25-6-5-24(40(31)39(25)26)16-27(19-34(30)47)28-20-35(48)41(49)37(21-28)51-2/h4,7-8,10-12,14-15,17-18,20-21,24,27,30,32,44-46,48-49H,3,5-6,9,13,16,19H2,1-2H3,(H,42,43)/t24-,27-,30-,32-/m1/s1. The van der Waals surface area contributed by atoms with Gasteiger partial charge >= 0.3 is 0 Å². The molecule has 1 aromatic heterocycles. The number of phenols is 4. The van der Waals surface area contributed by atoms with Crippen LogP contribution in [0.5, 0.6) is 34.5 Å². The topological polar surface area (TPSA) is 162 Å². The highest BCUT2D eigenvalue weighted by molar-refractivity contribution is 5.96. The number of aromatic nitrogens is 1. The lowest BCUT2D eigenvalue weighted by molar-refractivity contribution is -0.127. The highest BCUT2D eigenvalue weighted by Crippen LogP contribution is 2.49. The van der Waals surface area contributed by atoms with E-state index in [9.17, 15) is 30.3 Å². The molecule has 4 aromatic carbocycles. The number of aliphatic hydroxyl groups is 1. The van der Waals surface area contributed by atoms with Crippen molar-refractivity contribution in [2.45, 2.75) is 62.9 Å². The van der Waals surface area contributed by atoms with Crippen LogP contribution >= 0.6 is 0 Å². The first-order valence-corrected chi connectivity index (χ1v) is 17.3. The number of fused-ring (bicyclic) bond motifs is 2. The van der Waals surface area contributed by atoms with Crippen molar-refractivity contribution in [3.8, 4) is 34.5 Å². The summed E-state index contributed by atoms with van der Waals surface area (Å²) in [5.74, 6) is -0.688. The van der Waals surface area contributed by atoms with Gasteiger partial charge in [0.05, 0.1) is 20.3 Å². The Kier molecular flexibility index (Phi) is 9.35. The lowest BCUT2D eigenvalue weighted by Crippen LogP contribution is -2.32. The molecule has 2 bridgehead atoms. The summed E-state index contributed by atoms with van der Waals surface area (Å²) in [4.78, 5) is 19.2. The van der Waals surface area contributed by atoms with Crippen LogP contribution in [0.1, 0.15) is 65.3 Å². The number of aromatic hydroxyl groups is 4. The lowest BCUT2D eigenvalue weighted by Gasteiger charge is -2.32. The van der Waals surface area contributed by atoms with Crippen LogP contribution in [-0.2, 0) is 24.1 Å². The van der Waals surface area contributed by atoms with Gasteiger partial charge in [0.15, 0.2) is 23.0 Å². The normalized spacial score (nSPS) is 19.3. The van der Waals surface area contributed by atoms with Crippen molar-refractivity contribution in [2.24, 2.45) is 5.92 Å². The molecule has 0 saturated heterocycles. The predicted octanol–water partition coefficient (Wildman–Crippen LogP) is 7.15. The van der Waals surface area contributed by atoms with Crippen LogP contribution in [0.25, 0.3) is 10.8 Å². The Morgan fingerprint density at radius 1 is 0.882 bits per heavy atom. The zero-order chi connectivity index (χ0) is 35.8. The van der Waals surface area contributed by atoms with E-state index in [1.807, 2.05) is 30.3 Å². The number of ether oxygens (including phenoxy) is 2. The van der Waals surface area contributed by atoms with Gasteiger partial charge < -0.3 is 40.3 Å². The monoisotopic (exact) mass is 690 g/mol. The van der Waals surface area contributed by atoms with E-state index in [0.29, 0.717) is 36.4 Å². The minimum atomic E-state index is -0.985. The number of hydrogen-bond donors (Lipinski definition) is 6. The van der Waals surface area contributed by atoms with Crippen LogP contribution in [0, 0.1) is 5.92 Å². The maximum Gasteiger partial charge on any atom is 0.200 e. The molecular weight excluding hydrogens is 648 g/mol. The average molecular weight is 691 g/mol. The fourth-order valence-corrected chi connectivity index (χ4v) is 8.01. The number of pyridine rings is 1. The Labute approximate surface area is 296 Å². The molecule has 1 aliphatic carbocycles. The van der Waals surface area contributed by atoms with Gasteiger partial charge in [0.1, 0.15) is 17.4 Å². The Morgan fingerprint density at radius 3 is 2.51 bits per heavy atom. The average Bonchev–Trinajstić information content (AvgIpc) is 3.12. The second kappa shape index (κ2) is 14.0. The first-order valence-electron chi connectivity index (χ1n) is 17.3. The van der Waals surface area contributed by atoms with E-state index in [-0.39, 0.29) is 53.3 Å². The third-order valence-corrected chi connectivity index (χ3v) is 10.6. The van der Waals surface area contributed by atoms with Crippen LogP contribution in [0.3, 0.4) is 0 Å². The van der Waals surface area contributed by atoms with Crippen molar-refractivity contribution in [3.05, 3.63) is 101 Å². The smallest absolute Gasteiger partial charge is 0.200 e. The zero-order valence-electron chi connectivity index (χ0n) is 28.6. The fraction of sp³-hybridized carbons (Fsp3) is 0.317. The molecule has 0 saturated carbocycles. The van der Waals surface area contributed by atoms with Crippen LogP contribution in [0.2, 0.25) is 0 Å². The van der Waals surface area contributed by atoms with E-state index < -0.39 is 17.9 Å². The molecule has 4 atom stereocenters. The Bertz CT molecular complexity index is 2110. The van der Waals surface area contributed by atoms with Crippen LogP contribution < -0.4 is 14.8 Å². The molecule has 51 heavy (non-hydrogen) atoms. The molecule has 7 rings (SSSR count). The summed E-state index contributed by atoms with van der Waals surface area (Å²) in [6.07, 6.45) is 3.86. The van der Waals surface area contributed by atoms with Crippen molar-refractivity contribution in [3.63, 3.8) is 0 Å². The maximum atomic E-state index is 14.6. The van der Waals surface area contributed by atoms with Crippen molar-refractivity contribution < 1.29 is 39.8 Å². The van der Waals surface area contributed by atoms with E-state index in [1.54, 1.807) is 36.5 Å². The third-order valence-electron chi connectivity index (χ3n) is 10.6. The molecule has 0 radical (unpaired) electrons. The molecule has 10 nitrogen and oxygen atoms in total. The highest BCUT2D eigenvalue weighted by Gasteiger charge is 2.34. The number of aryl methyl sites for hydroxylation is 2. The molecule has 2 aliphatic rings. The minimum Gasteiger partial charge on any atom is -0.508 e. The molecule has 264 valence electrons. The van der Waals surface area contributed by atoms with Crippen LogP contribution in [0.15, 0.2) is 72.9 Å². The minimum absolute atomic E-state index is 0.0234. The molecule has 0 amide bonds. The number of nitrogens with zero attached hydrogens (tertiary/aromatic N) is 1. The number of carbonyl (C=O) groups excluding carboxylic acids is 1. The number of phenolic OH excluding ortho intramolecular Hbond substituents is 4. The summed E-state index contributed by atoms with van der Waals surface area (Å²) in [5, 5.41) is 59.1. The summed E-state index contributed by atoms with van der Waals surface area (Å²) in [6.45, 7) is 0. The number of hydrogen-bond acceptors (Lipinski definition) is 10. The Hall–Kier alpha value is -5.48. The highest BCUT2D eigenvalue weighted by atomic mass is 16.5. The Morgan fingerprint density at radius 2 is 1.71 bits per heavy atom. The summed E-state index contributed by atoms with van der Waals surface area (Å²) in [7, 11) is 2.90. The number of methoxy groups -OCH3 is 2. The summed E-state index contributed by atoms with van der Waals surface area (Å²) in [6, 6.07) is 19.6. The summed E-state index contributed by atoms with van der Waals surface area (Å²) < 4.78 is 10.7. The van der Waals surface area contributed by atoms with Crippen molar-refractivity contribution >= 4 is 28.1 Å². The van der Waals surface area contributed by atoms with Gasteiger partial charge in [-0.1, -0.05) is 12.1 Å². The van der Waals surface area contributed by atoms with Gasteiger partial charge in [0.2, 0.25) is 5.75 Å². The summed E-state index contributed by atoms with van der Waals surface area (Å²) >= 11 is 0. The molecule has 5 aromatic rings. The quantitative estimate of drug-likeness (QED) is 0.0968. The number of ketones is 1. The van der Waals surface area contributed by atoms with Gasteiger partial charge in [-0.2, -0.15) is 0 Å². The van der Waals surface area contributed by atoms with Crippen LogP contribution in [-0.4, -0.2) is 56.6 Å².